The first-order valence-electron chi connectivity index (χ1n) is 9.90. The van der Waals surface area contributed by atoms with E-state index in [1.807, 2.05) is 43.3 Å². The van der Waals surface area contributed by atoms with Crippen molar-refractivity contribution in [3.05, 3.63) is 41.1 Å². The number of halogens is 2. The average molecular weight is 454 g/mol. The van der Waals surface area contributed by atoms with Gasteiger partial charge >= 0.3 is 0 Å². The number of fused-ring (bicyclic) bond motifs is 1. The number of aryl methyl sites for hydroxylation is 1. The summed E-state index contributed by atoms with van der Waals surface area (Å²) < 4.78 is 0. The lowest BCUT2D eigenvalue weighted by atomic mass is 9.92. The van der Waals surface area contributed by atoms with Crippen molar-refractivity contribution >= 4 is 36.7 Å². The zero-order chi connectivity index (χ0) is 19.7. The van der Waals surface area contributed by atoms with E-state index in [-0.39, 0.29) is 36.8 Å². The zero-order valence-corrected chi connectivity index (χ0v) is 18.9. The summed E-state index contributed by atoms with van der Waals surface area (Å²) in [5.41, 5.74) is 4.93. The minimum Gasteiger partial charge on any atom is -0.390 e. The highest BCUT2D eigenvalue weighted by Crippen LogP contribution is 2.31. The van der Waals surface area contributed by atoms with Crippen LogP contribution in [-0.2, 0) is 12.8 Å². The van der Waals surface area contributed by atoms with Crippen LogP contribution in [0.25, 0.3) is 11.3 Å². The van der Waals surface area contributed by atoms with E-state index in [1.165, 1.54) is 5.56 Å². The molecule has 3 N–H and O–H groups in total. The van der Waals surface area contributed by atoms with E-state index >= 15 is 0 Å². The Balaban J connectivity index is 0.00000160. The lowest BCUT2D eigenvalue weighted by molar-refractivity contribution is 0.0888. The minimum absolute atomic E-state index is 0. The highest BCUT2D eigenvalue weighted by Gasteiger charge is 2.26. The first-order valence-corrected chi connectivity index (χ1v) is 9.90. The van der Waals surface area contributed by atoms with Crippen LogP contribution in [0, 0.1) is 0 Å². The molecule has 2 aromatic rings. The van der Waals surface area contributed by atoms with Crippen molar-refractivity contribution in [1.82, 2.24) is 20.6 Å². The quantitative estimate of drug-likeness (QED) is 0.655. The second kappa shape index (κ2) is 10.4. The van der Waals surface area contributed by atoms with E-state index in [1.54, 1.807) is 0 Å². The van der Waals surface area contributed by atoms with Crippen molar-refractivity contribution in [1.29, 1.82) is 0 Å². The highest BCUT2D eigenvalue weighted by molar-refractivity contribution is 5.95. The fraction of sp³-hybridized carbons (Fsp3) is 0.476. The molecule has 2 heterocycles. The van der Waals surface area contributed by atoms with Gasteiger partial charge in [-0.15, -0.1) is 24.8 Å². The molecule has 4 rings (SSSR count). The van der Waals surface area contributed by atoms with E-state index in [4.69, 9.17) is 9.97 Å². The van der Waals surface area contributed by atoms with Crippen LogP contribution in [0.15, 0.2) is 24.3 Å². The van der Waals surface area contributed by atoms with Gasteiger partial charge in [0.15, 0.2) is 0 Å². The summed E-state index contributed by atoms with van der Waals surface area (Å²) in [7, 11) is 3.90. The monoisotopic (exact) mass is 453 g/mol. The number of amides is 1. The molecule has 0 saturated carbocycles. The maximum absolute atomic E-state index is 12.5. The number of anilines is 1. The smallest absolute Gasteiger partial charge is 0.251 e. The number of nitrogens with zero attached hydrogens (tertiary/aromatic N) is 3. The number of hydrogen-bond donors (Lipinski definition) is 3. The van der Waals surface area contributed by atoms with Crippen LogP contribution in [0.4, 0.5) is 5.95 Å². The molecule has 1 aliphatic heterocycles. The Hall–Kier alpha value is -1.93. The fourth-order valence-electron chi connectivity index (χ4n) is 3.86. The van der Waals surface area contributed by atoms with Crippen LogP contribution in [0.3, 0.4) is 0 Å². The summed E-state index contributed by atoms with van der Waals surface area (Å²) in [6, 6.07) is 7.31. The van der Waals surface area contributed by atoms with Crippen LogP contribution >= 0.6 is 24.8 Å². The number of aliphatic hydroxyl groups excluding tert-OH is 1. The molecule has 2 atom stereocenters. The molecule has 7 nitrogen and oxygen atoms in total. The normalized spacial score (nSPS) is 19.8. The maximum Gasteiger partial charge on any atom is 0.251 e. The van der Waals surface area contributed by atoms with Crippen LogP contribution in [0.1, 0.15) is 34.5 Å². The summed E-state index contributed by atoms with van der Waals surface area (Å²) >= 11 is 0. The maximum atomic E-state index is 12.5. The molecule has 164 valence electrons. The van der Waals surface area contributed by atoms with E-state index in [9.17, 15) is 9.90 Å². The molecule has 2 aliphatic rings. The summed E-state index contributed by atoms with van der Waals surface area (Å²) in [5, 5.41) is 15.8. The molecular formula is C21H29Cl2N5O2. The Kier molecular flexibility index (Phi) is 8.43. The van der Waals surface area contributed by atoms with Crippen molar-refractivity contribution in [2.75, 3.05) is 32.1 Å². The molecule has 1 aromatic heterocycles. The standard InChI is InChI=1S/C21H27N5O2.2ClH/c1-26(2)21-24-16-6-4-3-5-15(16)19(25-21)13-7-9-14(10-8-13)20(28)23-17-11-22-12-18(17)27;;/h7-10,17-18,22,27H,3-6,11-12H2,1-2H3,(H,23,28);2*1H/t17-,18-;;/m1../s1. The van der Waals surface area contributed by atoms with Crippen LogP contribution in [-0.4, -0.2) is 60.3 Å². The van der Waals surface area contributed by atoms with Crippen LogP contribution < -0.4 is 15.5 Å². The molecule has 0 spiro atoms. The Bertz CT molecular complexity index is 876. The fourth-order valence-corrected chi connectivity index (χ4v) is 3.86. The Labute approximate surface area is 189 Å². The molecule has 1 amide bonds. The number of aromatic nitrogens is 2. The number of carbonyl (C=O) groups is 1. The molecule has 1 fully saturated rings. The Morgan fingerprint density at radius 3 is 2.43 bits per heavy atom. The SMILES string of the molecule is CN(C)c1nc2c(c(-c3ccc(C(=O)N[C@@H]4CNC[C@H]4O)cc3)n1)CCCC2.Cl.Cl. The van der Waals surface area contributed by atoms with Crippen molar-refractivity contribution in [2.24, 2.45) is 0 Å². The first-order chi connectivity index (χ1) is 13.5. The Morgan fingerprint density at radius 1 is 1.10 bits per heavy atom. The van der Waals surface area contributed by atoms with Gasteiger partial charge in [-0.25, -0.2) is 9.97 Å². The molecule has 1 aliphatic carbocycles. The first kappa shape index (κ1) is 24.3. The van der Waals surface area contributed by atoms with Crippen molar-refractivity contribution < 1.29 is 9.90 Å². The summed E-state index contributed by atoms with van der Waals surface area (Å²) in [5.74, 6) is 0.554. The van der Waals surface area contributed by atoms with E-state index < -0.39 is 6.10 Å². The third kappa shape index (κ3) is 5.03. The van der Waals surface area contributed by atoms with E-state index in [2.05, 4.69) is 10.6 Å². The topological polar surface area (TPSA) is 90.4 Å². The van der Waals surface area contributed by atoms with Gasteiger partial charge in [0.05, 0.1) is 17.8 Å². The second-order valence-corrected chi connectivity index (χ2v) is 7.78. The van der Waals surface area contributed by atoms with Gasteiger partial charge in [-0.05, 0) is 37.8 Å². The molecule has 9 heteroatoms. The van der Waals surface area contributed by atoms with Crippen molar-refractivity contribution in [3.63, 3.8) is 0 Å². The number of hydrogen-bond acceptors (Lipinski definition) is 6. The predicted octanol–water partition coefficient (Wildman–Crippen LogP) is 1.99. The molecular weight excluding hydrogens is 425 g/mol. The zero-order valence-electron chi connectivity index (χ0n) is 17.2. The van der Waals surface area contributed by atoms with Gasteiger partial charge in [0, 0.05) is 49.6 Å². The van der Waals surface area contributed by atoms with Crippen molar-refractivity contribution in [2.45, 2.75) is 37.8 Å². The third-order valence-electron chi connectivity index (χ3n) is 5.49. The summed E-state index contributed by atoms with van der Waals surface area (Å²) in [4.78, 5) is 23.9. The number of carbonyl (C=O) groups excluding carboxylic acids is 1. The number of benzene rings is 1. The third-order valence-corrected chi connectivity index (χ3v) is 5.49. The molecule has 1 aromatic carbocycles. The molecule has 0 unspecified atom stereocenters. The van der Waals surface area contributed by atoms with E-state index in [0.717, 1.165) is 48.6 Å². The summed E-state index contributed by atoms with van der Waals surface area (Å²) in [6.45, 7) is 1.10. The number of β-amino-alcohol motifs (C(OH)–C–C–N with tert-alkyl or cyclic N) is 1. The average Bonchev–Trinajstić information content (AvgIpc) is 3.11. The number of aliphatic hydroxyl groups is 1. The van der Waals surface area contributed by atoms with Crippen LogP contribution in [0.5, 0.6) is 0 Å². The second-order valence-electron chi connectivity index (χ2n) is 7.78. The van der Waals surface area contributed by atoms with Gasteiger partial charge in [-0.3, -0.25) is 4.79 Å². The van der Waals surface area contributed by atoms with Gasteiger partial charge in [0.1, 0.15) is 0 Å². The van der Waals surface area contributed by atoms with Crippen molar-refractivity contribution in [3.8, 4) is 11.3 Å². The van der Waals surface area contributed by atoms with Gasteiger partial charge in [-0.2, -0.15) is 0 Å². The lowest BCUT2D eigenvalue weighted by Gasteiger charge is -2.21. The molecule has 0 bridgehead atoms. The molecule has 1 saturated heterocycles. The molecule has 0 radical (unpaired) electrons. The number of rotatable bonds is 4. The van der Waals surface area contributed by atoms with Gasteiger partial charge in [0.25, 0.3) is 5.91 Å². The van der Waals surface area contributed by atoms with Crippen LogP contribution in [0.2, 0.25) is 0 Å². The molecule has 30 heavy (non-hydrogen) atoms. The van der Waals surface area contributed by atoms with Gasteiger partial charge in [-0.1, -0.05) is 12.1 Å². The van der Waals surface area contributed by atoms with Gasteiger partial charge < -0.3 is 20.6 Å². The highest BCUT2D eigenvalue weighted by atomic mass is 35.5. The largest absolute Gasteiger partial charge is 0.390 e. The number of nitrogens with one attached hydrogen (secondary N) is 2. The Morgan fingerprint density at radius 2 is 1.80 bits per heavy atom. The van der Waals surface area contributed by atoms with E-state index in [0.29, 0.717) is 18.7 Å². The predicted molar refractivity (Wildman–Crippen MR) is 123 cm³/mol. The minimum atomic E-state index is -0.541. The lowest BCUT2D eigenvalue weighted by Crippen LogP contribution is -2.42. The summed E-state index contributed by atoms with van der Waals surface area (Å²) in [6.07, 6.45) is 3.76. The van der Waals surface area contributed by atoms with Gasteiger partial charge in [0.2, 0.25) is 5.95 Å².